The second-order valence-corrected chi connectivity index (χ2v) is 8.08. The van der Waals surface area contributed by atoms with Crippen molar-refractivity contribution >= 4 is 45.2 Å². The molecule has 0 aliphatic rings. The number of benzene rings is 2. The molecule has 11 heteroatoms. The van der Waals surface area contributed by atoms with Crippen LogP contribution in [-0.2, 0) is 19.6 Å². The van der Waals surface area contributed by atoms with E-state index in [9.17, 15) is 22.8 Å². The highest BCUT2D eigenvalue weighted by Gasteiger charge is 2.26. The Morgan fingerprint density at radius 1 is 0.966 bits per heavy atom. The smallest absolute Gasteiger partial charge is 0.321 e. The molecule has 2 aromatic rings. The molecule has 0 fully saturated rings. The van der Waals surface area contributed by atoms with Gasteiger partial charge < -0.3 is 15.5 Å². The number of sulfonamides is 1. The Hall–Kier alpha value is -2.95. The number of aliphatic carboxylic acids is 2. The Kier molecular flexibility index (Phi) is 7.32. The van der Waals surface area contributed by atoms with Crippen molar-refractivity contribution < 1.29 is 33.0 Å². The summed E-state index contributed by atoms with van der Waals surface area (Å²) in [5.41, 5.74) is 0.681. The molecule has 2 aromatic carbocycles. The van der Waals surface area contributed by atoms with Crippen molar-refractivity contribution in [3.63, 3.8) is 0 Å². The van der Waals surface area contributed by atoms with Crippen LogP contribution in [0, 0.1) is 0 Å². The van der Waals surface area contributed by atoms with Gasteiger partial charge in [-0.1, -0.05) is 11.6 Å². The number of halogens is 1. The highest BCUT2D eigenvalue weighted by molar-refractivity contribution is 7.89. The average Bonchev–Trinajstić information content (AvgIpc) is 2.65. The van der Waals surface area contributed by atoms with Crippen molar-refractivity contribution in [3.05, 3.63) is 59.1 Å². The maximum absolute atomic E-state index is 12.4. The molecular formula is C18H17ClN2O7S. The molecule has 154 valence electrons. The van der Waals surface area contributed by atoms with Gasteiger partial charge in [0.2, 0.25) is 10.0 Å². The average molecular weight is 441 g/mol. The van der Waals surface area contributed by atoms with Gasteiger partial charge in [-0.2, -0.15) is 4.72 Å². The molecule has 0 bridgehead atoms. The van der Waals surface area contributed by atoms with Gasteiger partial charge in [-0.05, 0) is 55.0 Å². The summed E-state index contributed by atoms with van der Waals surface area (Å²) in [5.74, 6) is -3.15. The Bertz CT molecular complexity index is 1010. The largest absolute Gasteiger partial charge is 0.481 e. The Morgan fingerprint density at radius 3 is 2.07 bits per heavy atom. The number of rotatable bonds is 9. The molecule has 0 saturated carbocycles. The highest BCUT2D eigenvalue weighted by Crippen LogP contribution is 2.17. The van der Waals surface area contributed by atoms with Crippen LogP contribution in [0.1, 0.15) is 23.2 Å². The van der Waals surface area contributed by atoms with Crippen molar-refractivity contribution in [2.24, 2.45) is 0 Å². The van der Waals surface area contributed by atoms with Crippen molar-refractivity contribution in [1.82, 2.24) is 4.72 Å². The molecule has 9 nitrogen and oxygen atoms in total. The van der Waals surface area contributed by atoms with Gasteiger partial charge in [-0.3, -0.25) is 14.4 Å². The van der Waals surface area contributed by atoms with Crippen LogP contribution < -0.4 is 10.0 Å². The lowest BCUT2D eigenvalue weighted by molar-refractivity contribution is -0.140. The minimum atomic E-state index is -4.21. The number of anilines is 1. The van der Waals surface area contributed by atoms with Crippen LogP contribution in [0.15, 0.2) is 53.4 Å². The molecule has 0 unspecified atom stereocenters. The topological polar surface area (TPSA) is 150 Å². The number of hydrogen-bond acceptors (Lipinski definition) is 5. The van der Waals surface area contributed by atoms with Crippen LogP contribution >= 0.6 is 11.6 Å². The molecule has 0 aromatic heterocycles. The predicted octanol–water partition coefficient (Wildman–Crippen LogP) is 2.19. The zero-order valence-corrected chi connectivity index (χ0v) is 16.4. The zero-order valence-electron chi connectivity index (χ0n) is 14.8. The first kappa shape index (κ1) is 22.3. The van der Waals surface area contributed by atoms with Crippen molar-refractivity contribution in [1.29, 1.82) is 0 Å². The summed E-state index contributed by atoms with van der Waals surface area (Å²) in [6.07, 6.45) is -0.908. The predicted molar refractivity (Wildman–Crippen MR) is 104 cm³/mol. The minimum Gasteiger partial charge on any atom is -0.481 e. The Balaban J connectivity index is 2.09. The summed E-state index contributed by atoms with van der Waals surface area (Å²) >= 11 is 5.77. The van der Waals surface area contributed by atoms with E-state index < -0.39 is 46.8 Å². The van der Waals surface area contributed by atoms with E-state index in [1.54, 1.807) is 12.1 Å². The van der Waals surface area contributed by atoms with E-state index in [0.717, 1.165) is 0 Å². The van der Waals surface area contributed by atoms with E-state index in [0.29, 0.717) is 16.3 Å². The maximum Gasteiger partial charge on any atom is 0.321 e. The number of carbonyl (C=O) groups excluding carboxylic acids is 1. The summed E-state index contributed by atoms with van der Waals surface area (Å²) in [5, 5.41) is 20.8. The van der Waals surface area contributed by atoms with Crippen LogP contribution in [0.5, 0.6) is 0 Å². The third-order valence-corrected chi connectivity index (χ3v) is 5.51. The third kappa shape index (κ3) is 6.56. The SMILES string of the molecule is O=C(O)CC[C@H](NS(=O)(=O)c1ccc(NC(=O)c2ccc(Cl)cc2)cc1)C(=O)O. The van der Waals surface area contributed by atoms with Gasteiger partial charge in [-0.25, -0.2) is 8.42 Å². The first-order valence-corrected chi connectivity index (χ1v) is 10.1. The van der Waals surface area contributed by atoms with Crippen LogP contribution in [0.4, 0.5) is 5.69 Å². The molecule has 2 rings (SSSR count). The molecule has 1 amide bonds. The van der Waals surface area contributed by atoms with E-state index in [4.69, 9.17) is 21.8 Å². The van der Waals surface area contributed by atoms with Crippen LogP contribution in [0.25, 0.3) is 0 Å². The quantitative estimate of drug-likeness (QED) is 0.466. The number of hydrogen-bond donors (Lipinski definition) is 4. The zero-order chi connectivity index (χ0) is 21.6. The van der Waals surface area contributed by atoms with E-state index in [1.807, 2.05) is 4.72 Å². The molecule has 0 aliphatic heterocycles. The third-order valence-electron chi connectivity index (χ3n) is 3.77. The molecular weight excluding hydrogens is 424 g/mol. The normalized spacial score (nSPS) is 12.2. The van der Waals surface area contributed by atoms with Crippen LogP contribution in [0.3, 0.4) is 0 Å². The second kappa shape index (κ2) is 9.50. The van der Waals surface area contributed by atoms with Gasteiger partial charge in [0.05, 0.1) is 4.90 Å². The molecule has 0 saturated heterocycles. The molecule has 0 heterocycles. The number of carboxylic acids is 2. The molecule has 4 N–H and O–H groups in total. The number of amides is 1. The summed E-state index contributed by atoms with van der Waals surface area (Å²) in [4.78, 5) is 33.7. The standard InChI is InChI=1S/C18H17ClN2O7S/c19-12-3-1-11(2-4-12)17(24)20-13-5-7-14(8-6-13)29(27,28)21-15(18(25)26)9-10-16(22)23/h1-8,15,21H,9-10H2,(H,20,24)(H,22,23)(H,25,26)/t15-/m0/s1. The van der Waals surface area contributed by atoms with Crippen LogP contribution in [-0.4, -0.2) is 42.5 Å². The minimum absolute atomic E-state index is 0.233. The molecule has 0 radical (unpaired) electrons. The Labute approximate surface area is 171 Å². The molecule has 29 heavy (non-hydrogen) atoms. The number of nitrogens with one attached hydrogen (secondary N) is 2. The number of carbonyl (C=O) groups is 3. The van der Waals surface area contributed by atoms with Crippen molar-refractivity contribution in [2.45, 2.75) is 23.8 Å². The summed E-state index contributed by atoms with van der Waals surface area (Å²) in [7, 11) is -4.21. The summed E-state index contributed by atoms with van der Waals surface area (Å²) in [6.45, 7) is 0. The monoisotopic (exact) mass is 440 g/mol. The van der Waals surface area contributed by atoms with E-state index in [-0.39, 0.29) is 4.90 Å². The lowest BCUT2D eigenvalue weighted by Gasteiger charge is -2.14. The fourth-order valence-electron chi connectivity index (χ4n) is 2.28. The summed E-state index contributed by atoms with van der Waals surface area (Å²) in [6, 6.07) is 9.66. The van der Waals surface area contributed by atoms with Gasteiger partial charge in [-0.15, -0.1) is 0 Å². The second-order valence-electron chi connectivity index (χ2n) is 5.93. The fourth-order valence-corrected chi connectivity index (χ4v) is 3.63. The summed E-state index contributed by atoms with van der Waals surface area (Å²) < 4.78 is 26.7. The van der Waals surface area contributed by atoms with Gasteiger partial charge in [0.1, 0.15) is 6.04 Å². The maximum atomic E-state index is 12.4. The molecule has 0 spiro atoms. The van der Waals surface area contributed by atoms with Crippen molar-refractivity contribution in [2.75, 3.05) is 5.32 Å². The first-order chi connectivity index (χ1) is 13.6. The van der Waals surface area contributed by atoms with Gasteiger partial charge >= 0.3 is 11.9 Å². The number of carboxylic acid groups (broad SMARTS) is 2. The van der Waals surface area contributed by atoms with E-state index in [1.165, 1.54) is 36.4 Å². The lowest BCUT2D eigenvalue weighted by Crippen LogP contribution is -2.41. The Morgan fingerprint density at radius 2 is 1.55 bits per heavy atom. The fraction of sp³-hybridized carbons (Fsp3) is 0.167. The van der Waals surface area contributed by atoms with Gasteiger partial charge in [0, 0.05) is 22.7 Å². The molecule has 1 atom stereocenters. The first-order valence-electron chi connectivity index (χ1n) is 8.22. The van der Waals surface area contributed by atoms with E-state index >= 15 is 0 Å². The van der Waals surface area contributed by atoms with Crippen molar-refractivity contribution in [3.8, 4) is 0 Å². The van der Waals surface area contributed by atoms with Gasteiger partial charge in [0.15, 0.2) is 0 Å². The highest BCUT2D eigenvalue weighted by atomic mass is 35.5. The lowest BCUT2D eigenvalue weighted by atomic mass is 10.2. The van der Waals surface area contributed by atoms with E-state index in [2.05, 4.69) is 5.32 Å². The molecule has 0 aliphatic carbocycles. The van der Waals surface area contributed by atoms with Crippen LogP contribution in [0.2, 0.25) is 5.02 Å². The van der Waals surface area contributed by atoms with Gasteiger partial charge in [0.25, 0.3) is 5.91 Å².